The van der Waals surface area contributed by atoms with Crippen molar-refractivity contribution < 1.29 is 19.0 Å². The van der Waals surface area contributed by atoms with Crippen LogP contribution in [0.25, 0.3) is 0 Å². The van der Waals surface area contributed by atoms with Crippen LogP contribution in [0.5, 0.6) is 0 Å². The normalized spacial score (nSPS) is 30.8. The Balaban J connectivity index is 2.25. The average molecular weight is 182 g/mol. The van der Waals surface area contributed by atoms with E-state index in [2.05, 4.69) is 0 Å². The molecule has 0 spiro atoms. The number of hydrogen-bond acceptors (Lipinski definition) is 4. The maximum absolute atomic E-state index is 10.8. The number of ether oxygens (including phenoxy) is 3. The standard InChI is InChI=1S/C9H10O4/c1-11-9(5-10)3-2-7-8(4-9)13-6-12-7/h2-3,5H,4,6H2,1H3. The molecule has 0 aromatic heterocycles. The van der Waals surface area contributed by atoms with E-state index in [1.54, 1.807) is 12.2 Å². The van der Waals surface area contributed by atoms with E-state index in [4.69, 9.17) is 14.2 Å². The molecule has 2 rings (SSSR count). The van der Waals surface area contributed by atoms with Crippen LogP contribution in [-0.2, 0) is 19.0 Å². The topological polar surface area (TPSA) is 44.8 Å². The fourth-order valence-corrected chi connectivity index (χ4v) is 1.39. The molecule has 13 heavy (non-hydrogen) atoms. The van der Waals surface area contributed by atoms with Crippen molar-refractivity contribution in [2.75, 3.05) is 13.9 Å². The van der Waals surface area contributed by atoms with E-state index in [-0.39, 0.29) is 6.79 Å². The minimum absolute atomic E-state index is 0.230. The molecule has 0 fully saturated rings. The molecule has 0 aromatic rings. The quantitative estimate of drug-likeness (QED) is 0.591. The van der Waals surface area contributed by atoms with Crippen molar-refractivity contribution in [3.63, 3.8) is 0 Å². The van der Waals surface area contributed by atoms with E-state index < -0.39 is 5.60 Å². The average Bonchev–Trinajstić information content (AvgIpc) is 2.64. The van der Waals surface area contributed by atoms with Gasteiger partial charge in [-0.15, -0.1) is 0 Å². The monoisotopic (exact) mass is 182 g/mol. The van der Waals surface area contributed by atoms with E-state index in [1.165, 1.54) is 7.11 Å². The smallest absolute Gasteiger partial charge is 0.230 e. The van der Waals surface area contributed by atoms with Crippen molar-refractivity contribution >= 4 is 6.29 Å². The predicted octanol–water partition coefficient (Wildman–Crippen LogP) is 0.746. The van der Waals surface area contributed by atoms with Crippen molar-refractivity contribution in [3.05, 3.63) is 23.7 Å². The molecular weight excluding hydrogens is 172 g/mol. The third kappa shape index (κ3) is 1.23. The second-order valence-corrected chi connectivity index (χ2v) is 2.98. The fraction of sp³-hybridized carbons (Fsp3) is 0.444. The molecule has 1 heterocycles. The molecule has 1 unspecified atom stereocenters. The minimum atomic E-state index is -0.869. The van der Waals surface area contributed by atoms with Crippen LogP contribution in [0.2, 0.25) is 0 Å². The Morgan fingerprint density at radius 3 is 3.15 bits per heavy atom. The molecule has 0 radical (unpaired) electrons. The van der Waals surface area contributed by atoms with E-state index in [0.29, 0.717) is 17.9 Å². The lowest BCUT2D eigenvalue weighted by Gasteiger charge is -2.24. The highest BCUT2D eigenvalue weighted by Crippen LogP contribution is 2.32. The summed E-state index contributed by atoms with van der Waals surface area (Å²) >= 11 is 0. The van der Waals surface area contributed by atoms with Gasteiger partial charge in [0.15, 0.2) is 12.0 Å². The lowest BCUT2D eigenvalue weighted by molar-refractivity contribution is -0.123. The second-order valence-electron chi connectivity index (χ2n) is 2.98. The number of hydrogen-bond donors (Lipinski definition) is 0. The number of rotatable bonds is 2. The van der Waals surface area contributed by atoms with Crippen LogP contribution >= 0.6 is 0 Å². The number of aldehydes is 1. The molecule has 1 atom stereocenters. The fourth-order valence-electron chi connectivity index (χ4n) is 1.39. The van der Waals surface area contributed by atoms with E-state index >= 15 is 0 Å². The second kappa shape index (κ2) is 2.88. The first-order valence-corrected chi connectivity index (χ1v) is 3.99. The Morgan fingerprint density at radius 2 is 2.46 bits per heavy atom. The van der Waals surface area contributed by atoms with Crippen LogP contribution in [-0.4, -0.2) is 25.8 Å². The summed E-state index contributed by atoms with van der Waals surface area (Å²) in [6.45, 7) is 0.230. The summed E-state index contributed by atoms with van der Waals surface area (Å²) in [6.07, 6.45) is 4.59. The highest BCUT2D eigenvalue weighted by Gasteiger charge is 2.35. The zero-order valence-corrected chi connectivity index (χ0v) is 7.28. The molecule has 0 saturated heterocycles. The first-order valence-electron chi connectivity index (χ1n) is 3.99. The van der Waals surface area contributed by atoms with Crippen molar-refractivity contribution in [2.24, 2.45) is 0 Å². The molecule has 1 aliphatic heterocycles. The van der Waals surface area contributed by atoms with Gasteiger partial charge >= 0.3 is 0 Å². The van der Waals surface area contributed by atoms with Gasteiger partial charge in [0.05, 0.1) is 0 Å². The SMILES string of the molecule is COC1(C=O)C=CC2=C(C1)OCO2. The maximum atomic E-state index is 10.8. The highest BCUT2D eigenvalue weighted by atomic mass is 16.7. The molecule has 0 amide bonds. The summed E-state index contributed by atoms with van der Waals surface area (Å²) < 4.78 is 15.4. The van der Waals surface area contributed by atoms with Gasteiger partial charge in [0, 0.05) is 13.5 Å². The first kappa shape index (κ1) is 8.31. The summed E-state index contributed by atoms with van der Waals surface area (Å²) in [5.74, 6) is 1.39. The largest absolute Gasteiger partial charge is 0.458 e. The Labute approximate surface area is 75.8 Å². The highest BCUT2D eigenvalue weighted by molar-refractivity contribution is 5.68. The van der Waals surface area contributed by atoms with Gasteiger partial charge < -0.3 is 14.2 Å². The number of allylic oxidation sites excluding steroid dienone is 1. The molecule has 0 N–H and O–H groups in total. The van der Waals surface area contributed by atoms with Crippen molar-refractivity contribution in [3.8, 4) is 0 Å². The van der Waals surface area contributed by atoms with E-state index in [1.807, 2.05) is 0 Å². The number of carbonyl (C=O) groups is 1. The summed E-state index contributed by atoms with van der Waals surface area (Å²) in [4.78, 5) is 10.8. The van der Waals surface area contributed by atoms with Gasteiger partial charge in [0.25, 0.3) is 0 Å². The predicted molar refractivity (Wildman–Crippen MR) is 43.6 cm³/mol. The zero-order chi connectivity index (χ0) is 9.31. The van der Waals surface area contributed by atoms with E-state index in [0.717, 1.165) is 6.29 Å². The molecule has 70 valence electrons. The molecule has 4 heteroatoms. The zero-order valence-electron chi connectivity index (χ0n) is 7.28. The molecule has 1 aliphatic carbocycles. The van der Waals surface area contributed by atoms with Crippen LogP contribution in [0, 0.1) is 0 Å². The number of carbonyl (C=O) groups excluding carboxylic acids is 1. The van der Waals surface area contributed by atoms with Gasteiger partial charge in [-0.1, -0.05) is 0 Å². The van der Waals surface area contributed by atoms with Gasteiger partial charge in [0.2, 0.25) is 6.79 Å². The molecule has 4 nitrogen and oxygen atoms in total. The summed E-state index contributed by atoms with van der Waals surface area (Å²) in [5.41, 5.74) is -0.869. The molecule has 0 bridgehead atoms. The van der Waals surface area contributed by atoms with Crippen LogP contribution < -0.4 is 0 Å². The Bertz CT molecular complexity index is 292. The minimum Gasteiger partial charge on any atom is -0.458 e. The Hall–Kier alpha value is -1.29. The third-order valence-electron chi connectivity index (χ3n) is 2.26. The van der Waals surface area contributed by atoms with Crippen LogP contribution in [0.3, 0.4) is 0 Å². The molecular formula is C9H10O4. The Morgan fingerprint density at radius 1 is 1.62 bits per heavy atom. The summed E-state index contributed by atoms with van der Waals surface area (Å²) in [5, 5.41) is 0. The van der Waals surface area contributed by atoms with Gasteiger partial charge in [-0.05, 0) is 12.2 Å². The van der Waals surface area contributed by atoms with Gasteiger partial charge in [-0.2, -0.15) is 0 Å². The molecule has 0 saturated carbocycles. The van der Waals surface area contributed by atoms with Crippen molar-refractivity contribution in [1.82, 2.24) is 0 Å². The molecule has 0 aromatic carbocycles. The van der Waals surface area contributed by atoms with Crippen molar-refractivity contribution in [2.45, 2.75) is 12.0 Å². The van der Waals surface area contributed by atoms with Crippen LogP contribution in [0.4, 0.5) is 0 Å². The third-order valence-corrected chi connectivity index (χ3v) is 2.26. The maximum Gasteiger partial charge on any atom is 0.230 e. The Kier molecular flexibility index (Phi) is 1.84. The van der Waals surface area contributed by atoms with Gasteiger partial charge in [0.1, 0.15) is 11.4 Å². The number of methoxy groups -OCH3 is 1. The first-order chi connectivity index (χ1) is 6.29. The van der Waals surface area contributed by atoms with Gasteiger partial charge in [-0.3, -0.25) is 4.79 Å². The van der Waals surface area contributed by atoms with Crippen molar-refractivity contribution in [1.29, 1.82) is 0 Å². The summed E-state index contributed by atoms with van der Waals surface area (Å²) in [7, 11) is 1.50. The summed E-state index contributed by atoms with van der Waals surface area (Å²) in [6, 6.07) is 0. The van der Waals surface area contributed by atoms with Gasteiger partial charge in [-0.25, -0.2) is 0 Å². The van der Waals surface area contributed by atoms with E-state index in [9.17, 15) is 4.79 Å². The van der Waals surface area contributed by atoms with Crippen LogP contribution in [0.15, 0.2) is 23.7 Å². The van der Waals surface area contributed by atoms with Crippen LogP contribution in [0.1, 0.15) is 6.42 Å². The molecule has 2 aliphatic rings. The lowest BCUT2D eigenvalue weighted by Crippen LogP contribution is -2.33. The lowest BCUT2D eigenvalue weighted by atomic mass is 9.95.